The molecule has 0 radical (unpaired) electrons. The first-order chi connectivity index (χ1) is 8.78. The van der Waals surface area contributed by atoms with E-state index in [4.69, 9.17) is 0 Å². The topological polar surface area (TPSA) is 49.3 Å². The lowest BCUT2D eigenvalue weighted by Gasteiger charge is -2.27. The van der Waals surface area contributed by atoms with Crippen molar-refractivity contribution in [1.29, 1.82) is 0 Å². The van der Waals surface area contributed by atoms with E-state index in [1.165, 1.54) is 5.56 Å². The minimum absolute atomic E-state index is 0.101. The Morgan fingerprint density at radius 2 is 1.94 bits per heavy atom. The number of nitrogens with one attached hydrogen (secondary N) is 1. The van der Waals surface area contributed by atoms with Crippen LogP contribution in [0.2, 0.25) is 0 Å². The Bertz CT molecular complexity index is 373. The standard InChI is InChI=1S/C14H21NO2S/c16-11-14(10-12-4-2-1-3-5-12)15-13-6-8-18(17)9-7-13/h1-5,13-16H,6-11H2/t13?,14-,18?/m1/s1. The molecule has 1 aromatic rings. The van der Waals surface area contributed by atoms with Gasteiger partial charge in [-0.15, -0.1) is 0 Å². The lowest BCUT2D eigenvalue weighted by Crippen LogP contribution is -2.44. The van der Waals surface area contributed by atoms with E-state index >= 15 is 0 Å². The number of hydrogen-bond acceptors (Lipinski definition) is 3. The zero-order valence-electron chi connectivity index (χ0n) is 10.5. The number of aliphatic hydroxyl groups is 1. The van der Waals surface area contributed by atoms with E-state index in [2.05, 4.69) is 17.4 Å². The fraction of sp³-hybridized carbons (Fsp3) is 0.571. The van der Waals surface area contributed by atoms with Gasteiger partial charge in [0.05, 0.1) is 6.61 Å². The third-order valence-corrected chi connectivity index (χ3v) is 4.79. The van der Waals surface area contributed by atoms with Gasteiger partial charge in [0.25, 0.3) is 0 Å². The second-order valence-electron chi connectivity index (χ2n) is 4.86. The summed E-state index contributed by atoms with van der Waals surface area (Å²) < 4.78 is 11.3. The van der Waals surface area contributed by atoms with E-state index in [1.54, 1.807) is 0 Å². The Labute approximate surface area is 111 Å². The van der Waals surface area contributed by atoms with Crippen molar-refractivity contribution in [3.8, 4) is 0 Å². The van der Waals surface area contributed by atoms with Crippen molar-refractivity contribution in [2.24, 2.45) is 0 Å². The average Bonchev–Trinajstić information content (AvgIpc) is 2.41. The van der Waals surface area contributed by atoms with Gasteiger partial charge in [0.1, 0.15) is 0 Å². The summed E-state index contributed by atoms with van der Waals surface area (Å²) in [5.74, 6) is 1.59. The first-order valence-electron chi connectivity index (χ1n) is 6.53. The Balaban J connectivity index is 1.84. The van der Waals surface area contributed by atoms with Crippen LogP contribution in [0.25, 0.3) is 0 Å². The Kier molecular flexibility index (Phi) is 5.35. The van der Waals surface area contributed by atoms with Crippen LogP contribution in [-0.4, -0.2) is 39.5 Å². The Morgan fingerprint density at radius 3 is 2.56 bits per heavy atom. The number of hydrogen-bond donors (Lipinski definition) is 2. The molecule has 1 aromatic carbocycles. The van der Waals surface area contributed by atoms with Crippen LogP contribution < -0.4 is 5.32 Å². The van der Waals surface area contributed by atoms with E-state index in [0.717, 1.165) is 30.8 Å². The van der Waals surface area contributed by atoms with Gasteiger partial charge in [-0.25, -0.2) is 0 Å². The van der Waals surface area contributed by atoms with Gasteiger partial charge in [-0.2, -0.15) is 0 Å². The van der Waals surface area contributed by atoms with Crippen LogP contribution in [-0.2, 0) is 17.2 Å². The van der Waals surface area contributed by atoms with Crippen LogP contribution in [0.4, 0.5) is 0 Å². The summed E-state index contributed by atoms with van der Waals surface area (Å²) in [4.78, 5) is 0. The molecule has 2 N–H and O–H groups in total. The molecule has 0 aliphatic carbocycles. The van der Waals surface area contributed by atoms with Crippen LogP contribution in [0.3, 0.4) is 0 Å². The first-order valence-corrected chi connectivity index (χ1v) is 8.02. The molecule has 0 bridgehead atoms. The predicted octanol–water partition coefficient (Wildman–Crippen LogP) is 1.09. The number of aliphatic hydroxyl groups excluding tert-OH is 1. The van der Waals surface area contributed by atoms with E-state index in [1.807, 2.05) is 18.2 Å². The molecule has 1 aliphatic rings. The van der Waals surface area contributed by atoms with Gasteiger partial charge in [-0.3, -0.25) is 4.21 Å². The highest BCUT2D eigenvalue weighted by molar-refractivity contribution is 7.85. The van der Waals surface area contributed by atoms with Crippen molar-refractivity contribution < 1.29 is 9.32 Å². The summed E-state index contributed by atoms with van der Waals surface area (Å²) in [7, 11) is -0.618. The molecule has 18 heavy (non-hydrogen) atoms. The van der Waals surface area contributed by atoms with Crippen LogP contribution in [0.1, 0.15) is 18.4 Å². The summed E-state index contributed by atoms with van der Waals surface area (Å²) in [6.07, 6.45) is 2.76. The van der Waals surface area contributed by atoms with Gasteiger partial charge in [-0.05, 0) is 24.8 Å². The minimum atomic E-state index is -0.618. The monoisotopic (exact) mass is 267 g/mol. The molecule has 1 heterocycles. The van der Waals surface area contributed by atoms with Gasteiger partial charge in [0.15, 0.2) is 0 Å². The van der Waals surface area contributed by atoms with Gasteiger partial charge >= 0.3 is 0 Å². The highest BCUT2D eigenvalue weighted by Crippen LogP contribution is 2.11. The molecular weight excluding hydrogens is 246 g/mol. The highest BCUT2D eigenvalue weighted by atomic mass is 32.2. The fourth-order valence-electron chi connectivity index (χ4n) is 2.37. The minimum Gasteiger partial charge on any atom is -0.395 e. The molecule has 0 aromatic heterocycles. The van der Waals surface area contributed by atoms with Crippen molar-refractivity contribution in [2.75, 3.05) is 18.1 Å². The van der Waals surface area contributed by atoms with E-state index in [0.29, 0.717) is 6.04 Å². The zero-order chi connectivity index (χ0) is 12.8. The van der Waals surface area contributed by atoms with Gasteiger partial charge in [0.2, 0.25) is 0 Å². The SMILES string of the molecule is O=S1CCC(N[C@@H](CO)Cc2ccccc2)CC1. The van der Waals surface area contributed by atoms with Crippen molar-refractivity contribution >= 4 is 10.8 Å². The van der Waals surface area contributed by atoms with E-state index < -0.39 is 10.8 Å². The molecule has 0 saturated carbocycles. The smallest absolute Gasteiger partial charge is 0.0587 e. The average molecular weight is 267 g/mol. The third-order valence-electron chi connectivity index (χ3n) is 3.40. The molecule has 1 saturated heterocycles. The lowest BCUT2D eigenvalue weighted by atomic mass is 10.0. The van der Waals surface area contributed by atoms with Crippen molar-refractivity contribution in [2.45, 2.75) is 31.3 Å². The highest BCUT2D eigenvalue weighted by Gasteiger charge is 2.20. The lowest BCUT2D eigenvalue weighted by molar-refractivity contribution is 0.227. The predicted molar refractivity (Wildman–Crippen MR) is 75.1 cm³/mol. The summed E-state index contributed by atoms with van der Waals surface area (Å²) in [5, 5.41) is 12.9. The van der Waals surface area contributed by atoms with Gasteiger partial charge < -0.3 is 10.4 Å². The molecule has 0 unspecified atom stereocenters. The zero-order valence-corrected chi connectivity index (χ0v) is 11.4. The third kappa shape index (κ3) is 4.19. The van der Waals surface area contributed by atoms with Gasteiger partial charge in [0, 0.05) is 34.4 Å². The largest absolute Gasteiger partial charge is 0.395 e. The molecule has 1 fully saturated rings. The summed E-state index contributed by atoms with van der Waals surface area (Å²) >= 11 is 0. The molecule has 100 valence electrons. The molecule has 1 atom stereocenters. The molecule has 3 nitrogen and oxygen atoms in total. The first kappa shape index (κ1) is 13.7. The summed E-state index contributed by atoms with van der Waals surface area (Å²) in [5.41, 5.74) is 1.24. The van der Waals surface area contributed by atoms with Crippen LogP contribution in [0.5, 0.6) is 0 Å². The van der Waals surface area contributed by atoms with E-state index in [-0.39, 0.29) is 12.6 Å². The molecule has 4 heteroatoms. The molecular formula is C14H21NO2S. The second-order valence-corrected chi connectivity index (χ2v) is 6.55. The maximum atomic E-state index is 11.3. The fourth-order valence-corrected chi connectivity index (χ4v) is 3.67. The summed E-state index contributed by atoms with van der Waals surface area (Å²) in [6.45, 7) is 0.147. The van der Waals surface area contributed by atoms with Crippen LogP contribution in [0, 0.1) is 0 Å². The van der Waals surface area contributed by atoms with E-state index in [9.17, 15) is 9.32 Å². The molecule has 1 aliphatic heterocycles. The molecule has 0 amide bonds. The maximum Gasteiger partial charge on any atom is 0.0587 e. The van der Waals surface area contributed by atoms with Gasteiger partial charge in [-0.1, -0.05) is 30.3 Å². The normalized spacial score (nSPS) is 25.8. The van der Waals surface area contributed by atoms with Crippen LogP contribution >= 0.6 is 0 Å². The van der Waals surface area contributed by atoms with Crippen molar-refractivity contribution in [3.05, 3.63) is 35.9 Å². The Morgan fingerprint density at radius 1 is 1.28 bits per heavy atom. The molecule has 2 rings (SSSR count). The van der Waals surface area contributed by atoms with Crippen LogP contribution in [0.15, 0.2) is 30.3 Å². The Hall–Kier alpha value is -0.710. The maximum absolute atomic E-state index is 11.3. The quantitative estimate of drug-likeness (QED) is 0.839. The van der Waals surface area contributed by atoms with Crippen molar-refractivity contribution in [3.63, 3.8) is 0 Å². The number of rotatable bonds is 5. The second kappa shape index (κ2) is 7.02. The van der Waals surface area contributed by atoms with Crippen molar-refractivity contribution in [1.82, 2.24) is 5.32 Å². The summed E-state index contributed by atoms with van der Waals surface area (Å²) in [6, 6.07) is 10.7. The molecule has 0 spiro atoms. The number of benzene rings is 1.